The summed E-state index contributed by atoms with van der Waals surface area (Å²) in [5, 5.41) is 5.05. The van der Waals surface area contributed by atoms with E-state index in [1.807, 2.05) is 0 Å². The molecular weight excluding hydrogens is 795 g/mol. The predicted molar refractivity (Wildman–Crippen MR) is 283 cm³/mol. The van der Waals surface area contributed by atoms with E-state index in [1.54, 1.807) is 11.1 Å². The maximum atomic E-state index is 4.82. The van der Waals surface area contributed by atoms with Crippen molar-refractivity contribution in [3.63, 3.8) is 0 Å². The van der Waals surface area contributed by atoms with E-state index >= 15 is 0 Å². The number of rotatable bonds is 8. The molecule has 0 unspecified atom stereocenters. The molecule has 0 aliphatic heterocycles. The predicted octanol–water partition coefficient (Wildman–Crippen LogP) is 18.8. The highest BCUT2D eigenvalue weighted by Crippen LogP contribution is 2.47. The zero-order valence-corrected chi connectivity index (χ0v) is 37.7. The number of hydrogen-bond donors (Lipinski definition) is 0. The summed E-state index contributed by atoms with van der Waals surface area (Å²) in [6.07, 6.45) is 10.5. The lowest BCUT2D eigenvalue weighted by Gasteiger charge is -2.29. The molecule has 2 aliphatic rings. The van der Waals surface area contributed by atoms with Gasteiger partial charge < -0.3 is 4.90 Å². The summed E-state index contributed by atoms with van der Waals surface area (Å²) in [5.41, 5.74) is 20.8. The van der Waals surface area contributed by atoms with Gasteiger partial charge in [0.15, 0.2) is 0 Å². The SMILES string of the molecule is C=C1CCCCC/C(c2ccccc2)=C2/CCCCC2=C1c1ccc(N(c2ccc(-c3ccccc3)cc2)c2ccc(-c3c4ccccc4c(-c4ccccc4)c4ccccc34)cc2)cc1. The minimum Gasteiger partial charge on any atom is -0.311 e. The molecule has 0 saturated heterocycles. The summed E-state index contributed by atoms with van der Waals surface area (Å²) in [7, 11) is 0. The van der Waals surface area contributed by atoms with Gasteiger partial charge in [-0.3, -0.25) is 0 Å². The van der Waals surface area contributed by atoms with Crippen molar-refractivity contribution in [1.82, 2.24) is 0 Å². The lowest BCUT2D eigenvalue weighted by molar-refractivity contribution is 0.662. The number of allylic oxidation sites excluding steroid dienone is 5. The fourth-order valence-corrected chi connectivity index (χ4v) is 10.9. The lowest BCUT2D eigenvalue weighted by Crippen LogP contribution is -2.10. The van der Waals surface area contributed by atoms with E-state index in [2.05, 4.69) is 217 Å². The first kappa shape index (κ1) is 41.2. The second-order valence-electron chi connectivity index (χ2n) is 18.1. The van der Waals surface area contributed by atoms with Gasteiger partial charge in [-0.05, 0) is 182 Å². The van der Waals surface area contributed by atoms with Gasteiger partial charge in [0.2, 0.25) is 0 Å². The Hall–Kier alpha value is -7.48. The van der Waals surface area contributed by atoms with Gasteiger partial charge >= 0.3 is 0 Å². The van der Waals surface area contributed by atoms with E-state index in [4.69, 9.17) is 6.58 Å². The molecule has 1 saturated carbocycles. The monoisotopic (exact) mass is 849 g/mol. The average molecular weight is 850 g/mol. The van der Waals surface area contributed by atoms with Gasteiger partial charge in [-0.15, -0.1) is 0 Å². The number of anilines is 3. The van der Waals surface area contributed by atoms with Gasteiger partial charge in [0.05, 0.1) is 0 Å². The largest absolute Gasteiger partial charge is 0.311 e. The molecule has 9 aromatic rings. The van der Waals surface area contributed by atoms with Crippen LogP contribution in [-0.2, 0) is 0 Å². The van der Waals surface area contributed by atoms with Crippen LogP contribution in [0.15, 0.2) is 236 Å². The zero-order valence-electron chi connectivity index (χ0n) is 37.7. The van der Waals surface area contributed by atoms with Crippen LogP contribution in [-0.4, -0.2) is 0 Å². The number of fused-ring (bicyclic) bond motifs is 3. The fraction of sp³-hybridized carbons (Fsp3) is 0.138. The van der Waals surface area contributed by atoms with Crippen molar-refractivity contribution in [1.29, 1.82) is 0 Å². The highest BCUT2D eigenvalue weighted by molar-refractivity contribution is 6.21. The summed E-state index contributed by atoms with van der Waals surface area (Å²) in [5.74, 6) is 0. The molecule has 2 aliphatic carbocycles. The zero-order chi connectivity index (χ0) is 44.2. The molecule has 11 rings (SSSR count). The third kappa shape index (κ3) is 8.01. The molecule has 0 heterocycles. The summed E-state index contributed by atoms with van der Waals surface area (Å²) >= 11 is 0. The Kier molecular flexibility index (Phi) is 11.6. The third-order valence-corrected chi connectivity index (χ3v) is 14.1. The van der Waals surface area contributed by atoms with Crippen molar-refractivity contribution < 1.29 is 0 Å². The average Bonchev–Trinajstić information content (AvgIpc) is 3.39. The van der Waals surface area contributed by atoms with Gasteiger partial charge in [-0.25, -0.2) is 0 Å². The van der Waals surface area contributed by atoms with Crippen LogP contribution in [0.25, 0.3) is 66.1 Å². The van der Waals surface area contributed by atoms with Crippen LogP contribution in [0.1, 0.15) is 68.9 Å². The highest BCUT2D eigenvalue weighted by atomic mass is 15.1. The van der Waals surface area contributed by atoms with Crippen molar-refractivity contribution >= 4 is 49.8 Å². The maximum Gasteiger partial charge on any atom is 0.0462 e. The van der Waals surface area contributed by atoms with Crippen molar-refractivity contribution in [2.24, 2.45) is 0 Å². The van der Waals surface area contributed by atoms with Gasteiger partial charge in [0.1, 0.15) is 0 Å². The first-order chi connectivity index (χ1) is 32.7. The fourth-order valence-electron chi connectivity index (χ4n) is 10.9. The number of nitrogens with zero attached hydrogens (tertiary/aromatic N) is 1. The van der Waals surface area contributed by atoms with E-state index < -0.39 is 0 Å². The molecule has 1 heteroatoms. The highest BCUT2D eigenvalue weighted by Gasteiger charge is 2.25. The molecule has 0 radical (unpaired) electrons. The maximum absolute atomic E-state index is 4.82. The molecule has 0 N–H and O–H groups in total. The van der Waals surface area contributed by atoms with E-state index in [9.17, 15) is 0 Å². The van der Waals surface area contributed by atoms with Crippen molar-refractivity contribution in [2.75, 3.05) is 4.90 Å². The quantitative estimate of drug-likeness (QED) is 0.138. The standard InChI is InChI=1S/C65H55N/c1-46-20-6-2-13-27-56(49-23-9-4-10-24-49)57-28-14-15-29-58(57)63(46)51-36-42-54(43-37-51)66(53-40-34-48(35-41-53)47-21-7-3-8-22-47)55-44-38-52(39-45-55)65-61-32-18-16-30-59(61)64(50-25-11-5-12-26-50)60-31-17-19-33-62(60)65/h3-5,7-12,16-19,21-26,30-45H,1-2,6,13-15,20,27-29H2/b57-56+,63-58?. The van der Waals surface area contributed by atoms with Crippen LogP contribution in [0.5, 0.6) is 0 Å². The summed E-state index contributed by atoms with van der Waals surface area (Å²) in [6.45, 7) is 4.82. The van der Waals surface area contributed by atoms with Gasteiger partial charge in [-0.2, -0.15) is 0 Å². The van der Waals surface area contributed by atoms with Crippen molar-refractivity contribution in [3.8, 4) is 33.4 Å². The van der Waals surface area contributed by atoms with Crippen molar-refractivity contribution in [3.05, 3.63) is 247 Å². The molecule has 0 bridgehead atoms. The van der Waals surface area contributed by atoms with Crippen LogP contribution in [0.3, 0.4) is 0 Å². The molecule has 0 amide bonds. The van der Waals surface area contributed by atoms with E-state index in [-0.39, 0.29) is 0 Å². The van der Waals surface area contributed by atoms with E-state index in [0.29, 0.717) is 0 Å². The topological polar surface area (TPSA) is 3.24 Å². The van der Waals surface area contributed by atoms with Crippen molar-refractivity contribution in [2.45, 2.75) is 57.8 Å². The van der Waals surface area contributed by atoms with Crippen LogP contribution >= 0.6 is 0 Å². The smallest absolute Gasteiger partial charge is 0.0462 e. The van der Waals surface area contributed by atoms with Crippen LogP contribution in [0.2, 0.25) is 0 Å². The van der Waals surface area contributed by atoms with Crippen LogP contribution < -0.4 is 4.90 Å². The second-order valence-corrected chi connectivity index (χ2v) is 18.1. The van der Waals surface area contributed by atoms with Gasteiger partial charge in [-0.1, -0.05) is 189 Å². The molecule has 0 aromatic heterocycles. The van der Waals surface area contributed by atoms with E-state index in [1.165, 1.54) is 115 Å². The first-order valence-electron chi connectivity index (χ1n) is 24.0. The van der Waals surface area contributed by atoms with Crippen LogP contribution in [0.4, 0.5) is 17.1 Å². The Morgan fingerprint density at radius 2 is 0.621 bits per heavy atom. The van der Waals surface area contributed by atoms with Crippen LogP contribution in [0, 0.1) is 0 Å². The summed E-state index contributed by atoms with van der Waals surface area (Å²) < 4.78 is 0. The Morgan fingerprint density at radius 3 is 1.14 bits per heavy atom. The molecular formula is C65H55N. The molecule has 0 atom stereocenters. The normalized spacial score (nSPS) is 15.7. The second kappa shape index (κ2) is 18.6. The Labute approximate surface area is 390 Å². The molecule has 0 spiro atoms. The number of benzene rings is 9. The Morgan fingerprint density at radius 1 is 0.273 bits per heavy atom. The summed E-state index contributed by atoms with van der Waals surface area (Å²) in [4.78, 5) is 2.41. The van der Waals surface area contributed by atoms with Gasteiger partial charge in [0, 0.05) is 17.1 Å². The molecule has 1 nitrogen and oxygen atoms in total. The lowest BCUT2D eigenvalue weighted by atomic mass is 9.76. The number of hydrogen-bond acceptors (Lipinski definition) is 1. The molecule has 66 heavy (non-hydrogen) atoms. The molecule has 320 valence electrons. The van der Waals surface area contributed by atoms with Gasteiger partial charge in [0.25, 0.3) is 0 Å². The Bertz CT molecular complexity index is 3170. The summed E-state index contributed by atoms with van der Waals surface area (Å²) in [6, 6.07) is 78.3. The van der Waals surface area contributed by atoms with E-state index in [0.717, 1.165) is 42.7 Å². The first-order valence-corrected chi connectivity index (χ1v) is 24.0. The minimum absolute atomic E-state index is 1.04. The third-order valence-electron chi connectivity index (χ3n) is 14.1. The molecule has 1 fully saturated rings. The Balaban J connectivity index is 1.03. The minimum atomic E-state index is 1.04. The molecule has 9 aromatic carbocycles.